The standard InChI is InChI=1S/C6H9F3NOP/c7-6(8,9)2-4-1-5(11)10(12)3-4/h4H,1-3,12H2. The molecule has 1 fully saturated rings. The first-order chi connectivity index (χ1) is 5.38. The summed E-state index contributed by atoms with van der Waals surface area (Å²) in [6.45, 7) is 0.197. The molecule has 0 N–H and O–H groups in total. The van der Waals surface area contributed by atoms with E-state index in [0.29, 0.717) is 0 Å². The van der Waals surface area contributed by atoms with Crippen molar-refractivity contribution < 1.29 is 18.0 Å². The number of hydrogen-bond donors (Lipinski definition) is 0. The van der Waals surface area contributed by atoms with E-state index in [1.807, 2.05) is 0 Å². The Morgan fingerprint density at radius 2 is 2.17 bits per heavy atom. The lowest BCUT2D eigenvalue weighted by molar-refractivity contribution is -0.143. The van der Waals surface area contributed by atoms with Crippen molar-refractivity contribution in [2.24, 2.45) is 5.92 Å². The molecule has 1 saturated heterocycles. The predicted molar refractivity (Wildman–Crippen MR) is 40.2 cm³/mol. The molecule has 0 spiro atoms. The first kappa shape index (κ1) is 9.78. The van der Waals surface area contributed by atoms with Gasteiger partial charge in [0, 0.05) is 19.4 Å². The molecule has 0 saturated carbocycles. The molecule has 6 heteroatoms. The molecule has 12 heavy (non-hydrogen) atoms. The van der Waals surface area contributed by atoms with Crippen LogP contribution < -0.4 is 0 Å². The zero-order valence-electron chi connectivity index (χ0n) is 6.27. The maximum atomic E-state index is 11.8. The highest BCUT2D eigenvalue weighted by Crippen LogP contribution is 2.31. The van der Waals surface area contributed by atoms with Crippen molar-refractivity contribution in [3.05, 3.63) is 0 Å². The van der Waals surface area contributed by atoms with Crippen LogP contribution in [0.4, 0.5) is 13.2 Å². The molecule has 2 nitrogen and oxygen atoms in total. The van der Waals surface area contributed by atoms with Crippen LogP contribution in [0.1, 0.15) is 12.8 Å². The predicted octanol–water partition coefficient (Wildman–Crippen LogP) is 1.58. The van der Waals surface area contributed by atoms with Crippen LogP contribution in [0.5, 0.6) is 0 Å². The Hall–Kier alpha value is -0.310. The third-order valence-corrected chi connectivity index (χ3v) is 2.26. The second kappa shape index (κ2) is 3.21. The second-order valence-electron chi connectivity index (χ2n) is 2.94. The molecule has 0 aromatic rings. The molecule has 1 aliphatic rings. The minimum atomic E-state index is -4.15. The Kier molecular flexibility index (Phi) is 2.61. The molecule has 70 valence electrons. The van der Waals surface area contributed by atoms with Crippen molar-refractivity contribution in [1.29, 1.82) is 0 Å². The first-order valence-corrected chi connectivity index (χ1v) is 4.02. The number of halogens is 3. The molecule has 1 heterocycles. The van der Waals surface area contributed by atoms with Crippen molar-refractivity contribution in [2.75, 3.05) is 6.54 Å². The van der Waals surface area contributed by atoms with Gasteiger partial charge in [0.25, 0.3) is 0 Å². The lowest BCUT2D eigenvalue weighted by Crippen LogP contribution is -2.16. The van der Waals surface area contributed by atoms with Gasteiger partial charge in [-0.25, -0.2) is 0 Å². The van der Waals surface area contributed by atoms with E-state index in [1.54, 1.807) is 0 Å². The summed E-state index contributed by atoms with van der Waals surface area (Å²) in [5, 5.41) is 0. The molecule has 0 aromatic carbocycles. The van der Waals surface area contributed by atoms with Gasteiger partial charge in [0.05, 0.1) is 0 Å². The number of carbonyl (C=O) groups is 1. The lowest BCUT2D eigenvalue weighted by atomic mass is 10.1. The Morgan fingerprint density at radius 1 is 1.58 bits per heavy atom. The van der Waals surface area contributed by atoms with Crippen LogP contribution in [0.25, 0.3) is 0 Å². The van der Waals surface area contributed by atoms with Gasteiger partial charge in [-0.15, -0.1) is 0 Å². The highest BCUT2D eigenvalue weighted by molar-refractivity contribution is 7.14. The van der Waals surface area contributed by atoms with E-state index in [0.717, 1.165) is 0 Å². The number of carbonyl (C=O) groups excluding carboxylic acids is 1. The fraction of sp³-hybridized carbons (Fsp3) is 0.833. The summed E-state index contributed by atoms with van der Waals surface area (Å²) in [6.07, 6.45) is -4.99. The number of alkyl halides is 3. The summed E-state index contributed by atoms with van der Waals surface area (Å²) in [6, 6.07) is 0. The van der Waals surface area contributed by atoms with Crippen LogP contribution >= 0.6 is 9.39 Å². The van der Waals surface area contributed by atoms with Crippen LogP contribution in [-0.2, 0) is 4.79 Å². The lowest BCUT2D eigenvalue weighted by Gasteiger charge is -2.11. The van der Waals surface area contributed by atoms with Crippen LogP contribution in [0.3, 0.4) is 0 Å². The Bertz CT molecular complexity index is 194. The average molecular weight is 199 g/mol. The molecule has 1 amide bonds. The third kappa shape index (κ3) is 2.63. The summed E-state index contributed by atoms with van der Waals surface area (Å²) >= 11 is 0. The van der Waals surface area contributed by atoms with Crippen LogP contribution in [0.15, 0.2) is 0 Å². The van der Waals surface area contributed by atoms with Crippen molar-refractivity contribution in [3.63, 3.8) is 0 Å². The van der Waals surface area contributed by atoms with E-state index in [1.165, 1.54) is 4.67 Å². The molecule has 0 bridgehead atoms. The fourth-order valence-corrected chi connectivity index (χ4v) is 1.68. The van der Waals surface area contributed by atoms with E-state index in [4.69, 9.17) is 0 Å². The van der Waals surface area contributed by atoms with Gasteiger partial charge in [-0.3, -0.25) is 4.79 Å². The van der Waals surface area contributed by atoms with E-state index in [9.17, 15) is 18.0 Å². The van der Waals surface area contributed by atoms with Gasteiger partial charge >= 0.3 is 6.18 Å². The van der Waals surface area contributed by atoms with Crippen molar-refractivity contribution in [3.8, 4) is 0 Å². The fourth-order valence-electron chi connectivity index (χ4n) is 1.27. The molecule has 1 aliphatic heterocycles. The Balaban J connectivity index is 2.43. The Morgan fingerprint density at radius 3 is 2.50 bits per heavy atom. The number of hydrogen-bond acceptors (Lipinski definition) is 1. The maximum Gasteiger partial charge on any atom is 0.389 e. The van der Waals surface area contributed by atoms with E-state index < -0.39 is 18.5 Å². The summed E-state index contributed by atoms with van der Waals surface area (Å²) in [7, 11) is 2.12. The van der Waals surface area contributed by atoms with E-state index in [2.05, 4.69) is 9.39 Å². The SMILES string of the molecule is O=C1CC(CC(F)(F)F)CN1P. The van der Waals surface area contributed by atoms with Gasteiger partial charge < -0.3 is 4.67 Å². The highest BCUT2D eigenvalue weighted by atomic mass is 31.0. The zero-order chi connectivity index (χ0) is 9.35. The number of nitrogens with zero attached hydrogens (tertiary/aromatic N) is 1. The van der Waals surface area contributed by atoms with E-state index >= 15 is 0 Å². The topological polar surface area (TPSA) is 20.3 Å². The normalized spacial score (nSPS) is 25.2. The largest absolute Gasteiger partial charge is 0.389 e. The smallest absolute Gasteiger partial charge is 0.327 e. The third-order valence-electron chi connectivity index (χ3n) is 1.76. The molecule has 0 radical (unpaired) electrons. The summed E-state index contributed by atoms with van der Waals surface area (Å²) < 4.78 is 36.7. The zero-order valence-corrected chi connectivity index (χ0v) is 7.42. The molecule has 0 aromatic heterocycles. The Labute approximate surface area is 70.4 Å². The van der Waals surface area contributed by atoms with Gasteiger partial charge in [0.2, 0.25) is 5.91 Å². The monoisotopic (exact) mass is 199 g/mol. The molecule has 1 rings (SSSR count). The van der Waals surface area contributed by atoms with Crippen LogP contribution in [0, 0.1) is 5.92 Å². The molecular weight excluding hydrogens is 190 g/mol. The van der Waals surface area contributed by atoms with Crippen molar-refractivity contribution in [2.45, 2.75) is 19.0 Å². The summed E-state index contributed by atoms with van der Waals surface area (Å²) in [5.41, 5.74) is 0. The van der Waals surface area contributed by atoms with E-state index in [-0.39, 0.29) is 18.9 Å². The van der Waals surface area contributed by atoms with Crippen molar-refractivity contribution in [1.82, 2.24) is 4.67 Å². The molecule has 2 atom stereocenters. The highest BCUT2D eigenvalue weighted by Gasteiger charge is 2.37. The molecule has 0 aliphatic carbocycles. The number of rotatable bonds is 1. The summed E-state index contributed by atoms with van der Waals surface area (Å²) in [4.78, 5) is 10.8. The van der Waals surface area contributed by atoms with Crippen molar-refractivity contribution >= 4 is 15.3 Å². The molecular formula is C6H9F3NOP. The minimum absolute atomic E-state index is 0.0169. The minimum Gasteiger partial charge on any atom is -0.327 e. The quantitative estimate of drug-likeness (QED) is 0.587. The maximum absolute atomic E-state index is 11.8. The van der Waals surface area contributed by atoms with Gasteiger partial charge in [-0.05, 0) is 15.3 Å². The van der Waals surface area contributed by atoms with Gasteiger partial charge in [-0.2, -0.15) is 13.2 Å². The van der Waals surface area contributed by atoms with Gasteiger partial charge in [-0.1, -0.05) is 0 Å². The summed E-state index contributed by atoms with van der Waals surface area (Å²) in [5.74, 6) is -0.788. The van der Waals surface area contributed by atoms with Gasteiger partial charge in [0.1, 0.15) is 0 Å². The molecule has 2 unspecified atom stereocenters. The average Bonchev–Trinajstić information content (AvgIpc) is 2.07. The van der Waals surface area contributed by atoms with Crippen LogP contribution in [-0.4, -0.2) is 23.3 Å². The van der Waals surface area contributed by atoms with Crippen LogP contribution in [0.2, 0.25) is 0 Å². The number of amides is 1. The first-order valence-electron chi connectivity index (χ1n) is 3.50. The van der Waals surface area contributed by atoms with Gasteiger partial charge in [0.15, 0.2) is 0 Å². The second-order valence-corrected chi connectivity index (χ2v) is 3.56.